The first kappa shape index (κ1) is 17.1. The first-order valence-corrected chi connectivity index (χ1v) is 10.8. The van der Waals surface area contributed by atoms with E-state index in [1.54, 1.807) is 0 Å². The maximum atomic E-state index is 2.37. The van der Waals surface area contributed by atoms with Gasteiger partial charge in [-0.15, -0.1) is 0 Å². The summed E-state index contributed by atoms with van der Waals surface area (Å²) in [5, 5.41) is 4.34. The van der Waals surface area contributed by atoms with Crippen molar-refractivity contribution in [3.63, 3.8) is 0 Å². The Labute approximate surface area is 157 Å². The highest BCUT2D eigenvalue weighted by Gasteiger charge is 2.15. The van der Waals surface area contributed by atoms with Crippen LogP contribution in [0.5, 0.6) is 0 Å². The molecule has 0 unspecified atom stereocenters. The van der Waals surface area contributed by atoms with Gasteiger partial charge in [0.2, 0.25) is 0 Å². The van der Waals surface area contributed by atoms with Crippen LogP contribution >= 0.6 is 7.92 Å². The number of hydrogen-bond donors (Lipinski definition) is 0. The zero-order valence-corrected chi connectivity index (χ0v) is 16.1. The van der Waals surface area contributed by atoms with E-state index in [-0.39, 0.29) is 7.92 Å². The molecule has 0 aliphatic rings. The van der Waals surface area contributed by atoms with Crippen molar-refractivity contribution >= 4 is 29.4 Å². The third-order valence-electron chi connectivity index (χ3n) is 4.95. The summed E-state index contributed by atoms with van der Waals surface area (Å²) in [7, 11) is -0.334. The highest BCUT2D eigenvalue weighted by Crippen LogP contribution is 2.35. The Morgan fingerprint density at radius 1 is 0.731 bits per heavy atom. The number of benzene rings is 3. The molecule has 0 aliphatic carbocycles. The fourth-order valence-corrected chi connectivity index (χ4v) is 5.98. The molecule has 3 aromatic carbocycles. The molecule has 0 spiro atoms. The van der Waals surface area contributed by atoms with Crippen LogP contribution in [0.3, 0.4) is 0 Å². The summed E-state index contributed by atoms with van der Waals surface area (Å²) >= 11 is 0. The fraction of sp³-hybridized carbons (Fsp3) is 0.167. The molecule has 4 rings (SSSR count). The Balaban J connectivity index is 1.66. The lowest BCUT2D eigenvalue weighted by Crippen LogP contribution is -2.14. The second-order valence-corrected chi connectivity index (χ2v) is 8.87. The SMILES string of the molecule is CCn1cc(CCP(c2ccccc2)c2ccccc2)c2ccccc21. The smallest absolute Gasteiger partial charge is 0.0483 e. The van der Waals surface area contributed by atoms with Crippen molar-refractivity contribution in [2.75, 3.05) is 6.16 Å². The molecule has 1 nitrogen and oxygen atoms in total. The minimum atomic E-state index is -0.334. The molecule has 0 N–H and O–H groups in total. The lowest BCUT2D eigenvalue weighted by molar-refractivity contribution is 0.793. The van der Waals surface area contributed by atoms with Gasteiger partial charge in [-0.1, -0.05) is 78.9 Å². The molecule has 2 heteroatoms. The van der Waals surface area contributed by atoms with Gasteiger partial charge in [-0.3, -0.25) is 0 Å². The first-order chi connectivity index (χ1) is 12.9. The van der Waals surface area contributed by atoms with Gasteiger partial charge in [0, 0.05) is 23.6 Å². The van der Waals surface area contributed by atoms with Crippen molar-refractivity contribution in [1.29, 1.82) is 0 Å². The van der Waals surface area contributed by atoms with E-state index in [0.717, 1.165) is 13.0 Å². The largest absolute Gasteiger partial charge is 0.347 e. The van der Waals surface area contributed by atoms with E-state index in [0.29, 0.717) is 0 Å². The Kier molecular flexibility index (Phi) is 5.18. The molecule has 1 aromatic heterocycles. The van der Waals surface area contributed by atoms with Crippen molar-refractivity contribution in [1.82, 2.24) is 4.57 Å². The summed E-state index contributed by atoms with van der Waals surface area (Å²) in [5.41, 5.74) is 2.83. The quantitative estimate of drug-likeness (QED) is 0.411. The predicted octanol–water partition coefficient (Wildman–Crippen LogP) is 5.34. The zero-order chi connectivity index (χ0) is 17.8. The standard InChI is InChI=1S/C24H24NP/c1-2-25-19-20(23-15-9-10-16-24(23)25)17-18-26(21-11-5-3-6-12-21)22-13-7-4-8-14-22/h3-16,19H,2,17-18H2,1H3. The predicted molar refractivity (Wildman–Crippen MR) is 115 cm³/mol. The monoisotopic (exact) mass is 357 g/mol. The lowest BCUT2D eigenvalue weighted by atomic mass is 10.1. The number of para-hydroxylation sites is 1. The molecule has 0 saturated heterocycles. The van der Waals surface area contributed by atoms with E-state index in [1.807, 2.05) is 0 Å². The molecule has 0 atom stereocenters. The number of aromatic nitrogens is 1. The Morgan fingerprint density at radius 3 is 1.92 bits per heavy atom. The highest BCUT2D eigenvalue weighted by molar-refractivity contribution is 7.73. The number of hydrogen-bond acceptors (Lipinski definition) is 0. The average Bonchev–Trinajstić information content (AvgIpc) is 3.08. The molecule has 0 bridgehead atoms. The van der Waals surface area contributed by atoms with Gasteiger partial charge in [-0.2, -0.15) is 0 Å². The van der Waals surface area contributed by atoms with Gasteiger partial charge in [-0.05, 0) is 49.7 Å². The van der Waals surface area contributed by atoms with Crippen LogP contribution in [0.1, 0.15) is 12.5 Å². The second-order valence-electron chi connectivity index (χ2n) is 6.53. The average molecular weight is 357 g/mol. The van der Waals surface area contributed by atoms with Crippen molar-refractivity contribution < 1.29 is 0 Å². The summed E-state index contributed by atoms with van der Waals surface area (Å²) in [5.74, 6) is 0. The lowest BCUT2D eigenvalue weighted by Gasteiger charge is -2.18. The minimum Gasteiger partial charge on any atom is -0.347 e. The topological polar surface area (TPSA) is 4.93 Å². The van der Waals surface area contributed by atoms with E-state index >= 15 is 0 Å². The Bertz CT molecular complexity index is 933. The van der Waals surface area contributed by atoms with Crippen molar-refractivity contribution in [2.24, 2.45) is 0 Å². The van der Waals surface area contributed by atoms with Crippen LogP contribution in [0.25, 0.3) is 10.9 Å². The molecule has 0 fully saturated rings. The van der Waals surface area contributed by atoms with E-state index < -0.39 is 0 Å². The summed E-state index contributed by atoms with van der Waals surface area (Å²) in [6.07, 6.45) is 4.65. The van der Waals surface area contributed by atoms with Gasteiger partial charge in [0.1, 0.15) is 0 Å². The van der Waals surface area contributed by atoms with Crippen LogP contribution in [0.4, 0.5) is 0 Å². The third-order valence-corrected chi connectivity index (χ3v) is 7.47. The van der Waals surface area contributed by atoms with E-state index in [4.69, 9.17) is 0 Å². The molecule has 0 amide bonds. The maximum Gasteiger partial charge on any atom is 0.0483 e. The summed E-state index contributed by atoms with van der Waals surface area (Å²) in [6.45, 7) is 3.24. The first-order valence-electron chi connectivity index (χ1n) is 9.31. The highest BCUT2D eigenvalue weighted by atomic mass is 31.1. The van der Waals surface area contributed by atoms with Crippen LogP contribution in [0, 0.1) is 0 Å². The van der Waals surface area contributed by atoms with Gasteiger partial charge < -0.3 is 4.57 Å². The molecule has 0 radical (unpaired) electrons. The van der Waals surface area contributed by atoms with Gasteiger partial charge >= 0.3 is 0 Å². The van der Waals surface area contributed by atoms with Gasteiger partial charge in [0.25, 0.3) is 0 Å². The van der Waals surface area contributed by atoms with Crippen molar-refractivity contribution in [2.45, 2.75) is 19.9 Å². The van der Waals surface area contributed by atoms with Crippen LogP contribution in [0.2, 0.25) is 0 Å². The van der Waals surface area contributed by atoms with Crippen molar-refractivity contribution in [3.05, 3.63) is 96.7 Å². The van der Waals surface area contributed by atoms with E-state index in [9.17, 15) is 0 Å². The van der Waals surface area contributed by atoms with Crippen molar-refractivity contribution in [3.8, 4) is 0 Å². The second kappa shape index (κ2) is 7.89. The number of fused-ring (bicyclic) bond motifs is 1. The molecular weight excluding hydrogens is 333 g/mol. The maximum absolute atomic E-state index is 2.37. The Morgan fingerprint density at radius 2 is 1.31 bits per heavy atom. The molecule has 0 aliphatic heterocycles. The van der Waals surface area contributed by atoms with Crippen LogP contribution in [-0.2, 0) is 13.0 Å². The van der Waals surface area contributed by atoms with Crippen LogP contribution < -0.4 is 10.6 Å². The zero-order valence-electron chi connectivity index (χ0n) is 15.2. The summed E-state index contributed by atoms with van der Waals surface area (Å²) in [6, 6.07) is 30.8. The number of nitrogens with zero attached hydrogens (tertiary/aromatic N) is 1. The minimum absolute atomic E-state index is 0.334. The fourth-order valence-electron chi connectivity index (χ4n) is 3.64. The van der Waals surface area contributed by atoms with E-state index in [1.165, 1.54) is 33.2 Å². The van der Waals surface area contributed by atoms with Gasteiger partial charge in [0.05, 0.1) is 0 Å². The normalized spacial score (nSPS) is 11.3. The molecule has 4 aromatic rings. The van der Waals surface area contributed by atoms with E-state index in [2.05, 4.69) is 103 Å². The number of rotatable bonds is 6. The third kappa shape index (κ3) is 3.45. The number of aryl methyl sites for hydroxylation is 2. The van der Waals surface area contributed by atoms with Gasteiger partial charge in [0.15, 0.2) is 0 Å². The molecule has 130 valence electrons. The Hall–Kier alpha value is -2.37. The summed E-state index contributed by atoms with van der Waals surface area (Å²) in [4.78, 5) is 0. The van der Waals surface area contributed by atoms with Gasteiger partial charge in [-0.25, -0.2) is 0 Å². The molecule has 0 saturated carbocycles. The molecule has 26 heavy (non-hydrogen) atoms. The van der Waals surface area contributed by atoms with Crippen LogP contribution in [0.15, 0.2) is 91.1 Å². The summed E-state index contributed by atoms with van der Waals surface area (Å²) < 4.78 is 2.37. The molecule has 1 heterocycles. The molecular formula is C24H24NP. The van der Waals surface area contributed by atoms with Crippen LogP contribution in [-0.4, -0.2) is 10.7 Å².